The molecule has 0 aliphatic rings. The number of halogens is 1. The van der Waals surface area contributed by atoms with Crippen molar-refractivity contribution >= 4 is 18.0 Å². The van der Waals surface area contributed by atoms with Crippen LogP contribution in [0.5, 0.6) is 0 Å². The smallest absolute Gasteiger partial charge is 0.309 e. The van der Waals surface area contributed by atoms with Gasteiger partial charge in [0.2, 0.25) is 5.91 Å². The second-order valence-corrected chi connectivity index (χ2v) is 3.51. The van der Waals surface area contributed by atoms with Crippen LogP contribution >= 0.6 is 0 Å². The summed E-state index contributed by atoms with van der Waals surface area (Å²) >= 11 is 0. The first kappa shape index (κ1) is 13.9. The molecule has 0 bridgehead atoms. The molecule has 1 rings (SSSR count). The summed E-state index contributed by atoms with van der Waals surface area (Å²) < 4.78 is 17.8. The van der Waals surface area contributed by atoms with Gasteiger partial charge in [0.15, 0.2) is 0 Å². The number of primary amides is 1. The van der Waals surface area contributed by atoms with Crippen molar-refractivity contribution < 1.29 is 18.7 Å². The third-order valence-corrected chi connectivity index (χ3v) is 2.17. The SMILES string of the molecule is CCOC(=O)CC=Cc1cc(F)ccc1C(N)=O. The van der Waals surface area contributed by atoms with Gasteiger partial charge in [-0.3, -0.25) is 9.59 Å². The molecule has 96 valence electrons. The molecule has 1 aromatic rings. The minimum Gasteiger partial charge on any atom is -0.466 e. The molecule has 0 atom stereocenters. The minimum atomic E-state index is -0.647. The average Bonchev–Trinajstić information content (AvgIpc) is 2.29. The van der Waals surface area contributed by atoms with Crippen molar-refractivity contribution in [3.05, 3.63) is 41.2 Å². The van der Waals surface area contributed by atoms with Gasteiger partial charge in [0.05, 0.1) is 13.0 Å². The lowest BCUT2D eigenvalue weighted by Gasteiger charge is -2.02. The van der Waals surface area contributed by atoms with Crippen LogP contribution < -0.4 is 5.73 Å². The summed E-state index contributed by atoms with van der Waals surface area (Å²) in [6.45, 7) is 2.01. The number of carbonyl (C=O) groups excluding carboxylic acids is 2. The van der Waals surface area contributed by atoms with Crippen molar-refractivity contribution in [2.45, 2.75) is 13.3 Å². The zero-order valence-electron chi connectivity index (χ0n) is 9.98. The van der Waals surface area contributed by atoms with Crippen molar-refractivity contribution in [1.82, 2.24) is 0 Å². The third-order valence-electron chi connectivity index (χ3n) is 2.17. The maximum atomic E-state index is 13.0. The monoisotopic (exact) mass is 251 g/mol. The van der Waals surface area contributed by atoms with E-state index in [2.05, 4.69) is 0 Å². The molecule has 5 heteroatoms. The molecule has 0 aliphatic heterocycles. The molecule has 0 radical (unpaired) electrons. The van der Waals surface area contributed by atoms with E-state index in [4.69, 9.17) is 10.5 Å². The third kappa shape index (κ3) is 4.01. The number of amides is 1. The number of rotatable bonds is 5. The molecule has 0 unspecified atom stereocenters. The first-order valence-electron chi connectivity index (χ1n) is 5.46. The van der Waals surface area contributed by atoms with Gasteiger partial charge in [-0.2, -0.15) is 0 Å². The first-order valence-corrected chi connectivity index (χ1v) is 5.46. The maximum absolute atomic E-state index is 13.0. The lowest BCUT2D eigenvalue weighted by Crippen LogP contribution is -2.12. The van der Waals surface area contributed by atoms with Crippen LogP contribution in [0.25, 0.3) is 6.08 Å². The van der Waals surface area contributed by atoms with Crippen LogP contribution in [0.2, 0.25) is 0 Å². The summed E-state index contributed by atoms with van der Waals surface area (Å²) in [6.07, 6.45) is 3.03. The fraction of sp³-hybridized carbons (Fsp3) is 0.231. The molecule has 0 aromatic heterocycles. The Hall–Kier alpha value is -2.17. The van der Waals surface area contributed by atoms with Crippen molar-refractivity contribution in [1.29, 1.82) is 0 Å². The Bertz CT molecular complexity index is 483. The van der Waals surface area contributed by atoms with Crippen LogP contribution in [0.1, 0.15) is 29.3 Å². The molecule has 0 saturated heterocycles. The highest BCUT2D eigenvalue weighted by Gasteiger charge is 2.07. The Morgan fingerprint density at radius 2 is 2.17 bits per heavy atom. The number of ether oxygens (including phenoxy) is 1. The largest absolute Gasteiger partial charge is 0.466 e. The standard InChI is InChI=1S/C13H14FNO3/c1-2-18-12(16)5-3-4-9-8-10(14)6-7-11(9)13(15)17/h3-4,6-8H,2,5H2,1H3,(H2,15,17). The highest BCUT2D eigenvalue weighted by Crippen LogP contribution is 2.13. The van der Waals surface area contributed by atoms with E-state index in [-0.39, 0.29) is 18.0 Å². The van der Waals surface area contributed by atoms with Crippen LogP contribution in [-0.2, 0) is 9.53 Å². The normalized spacial score (nSPS) is 10.6. The van der Waals surface area contributed by atoms with Crippen molar-refractivity contribution in [2.24, 2.45) is 5.73 Å². The van der Waals surface area contributed by atoms with E-state index in [1.165, 1.54) is 24.3 Å². The molecule has 4 nitrogen and oxygen atoms in total. The van der Waals surface area contributed by atoms with Gasteiger partial charge in [0, 0.05) is 5.56 Å². The van der Waals surface area contributed by atoms with Gasteiger partial charge >= 0.3 is 5.97 Å². The Morgan fingerprint density at radius 1 is 1.44 bits per heavy atom. The fourth-order valence-corrected chi connectivity index (χ4v) is 1.40. The molecule has 0 heterocycles. The molecule has 1 amide bonds. The topological polar surface area (TPSA) is 69.4 Å². The van der Waals surface area contributed by atoms with E-state index < -0.39 is 11.7 Å². The number of benzene rings is 1. The highest BCUT2D eigenvalue weighted by atomic mass is 19.1. The van der Waals surface area contributed by atoms with Crippen molar-refractivity contribution in [2.75, 3.05) is 6.61 Å². The van der Waals surface area contributed by atoms with Crippen LogP contribution in [0.4, 0.5) is 4.39 Å². The van der Waals surface area contributed by atoms with Crippen LogP contribution in [-0.4, -0.2) is 18.5 Å². The van der Waals surface area contributed by atoms with E-state index >= 15 is 0 Å². The molecule has 18 heavy (non-hydrogen) atoms. The summed E-state index contributed by atoms with van der Waals surface area (Å²) in [5, 5.41) is 0. The molecule has 0 aliphatic carbocycles. The first-order chi connectivity index (χ1) is 8.54. The van der Waals surface area contributed by atoms with Gasteiger partial charge in [-0.15, -0.1) is 0 Å². The van der Waals surface area contributed by atoms with Crippen LogP contribution in [0.3, 0.4) is 0 Å². The molecular formula is C13H14FNO3. The van der Waals surface area contributed by atoms with E-state index in [9.17, 15) is 14.0 Å². The van der Waals surface area contributed by atoms with Crippen molar-refractivity contribution in [3.63, 3.8) is 0 Å². The summed E-state index contributed by atoms with van der Waals surface area (Å²) in [4.78, 5) is 22.2. The predicted molar refractivity (Wildman–Crippen MR) is 65.2 cm³/mol. The molecule has 2 N–H and O–H groups in total. The zero-order chi connectivity index (χ0) is 13.5. The van der Waals surface area contributed by atoms with Gasteiger partial charge < -0.3 is 10.5 Å². The summed E-state index contributed by atoms with van der Waals surface area (Å²) in [7, 11) is 0. The summed E-state index contributed by atoms with van der Waals surface area (Å²) in [5.41, 5.74) is 5.70. The Morgan fingerprint density at radius 3 is 2.78 bits per heavy atom. The van der Waals surface area contributed by atoms with Gasteiger partial charge in [-0.1, -0.05) is 12.2 Å². The Balaban J connectivity index is 2.82. The fourth-order valence-electron chi connectivity index (χ4n) is 1.40. The predicted octanol–water partition coefficient (Wildman–Crippen LogP) is 1.89. The number of esters is 1. The lowest BCUT2D eigenvalue weighted by molar-refractivity contribution is -0.142. The second-order valence-electron chi connectivity index (χ2n) is 3.51. The number of carbonyl (C=O) groups is 2. The summed E-state index contributed by atoms with van der Waals surface area (Å²) in [5.74, 6) is -1.51. The quantitative estimate of drug-likeness (QED) is 0.812. The molecule has 0 spiro atoms. The van der Waals surface area contributed by atoms with Crippen LogP contribution in [0.15, 0.2) is 24.3 Å². The zero-order valence-corrected chi connectivity index (χ0v) is 9.98. The van der Waals surface area contributed by atoms with Gasteiger partial charge in [0.25, 0.3) is 0 Å². The van der Waals surface area contributed by atoms with Gasteiger partial charge in [0.1, 0.15) is 5.82 Å². The lowest BCUT2D eigenvalue weighted by atomic mass is 10.1. The van der Waals surface area contributed by atoms with Gasteiger partial charge in [-0.25, -0.2) is 4.39 Å². The number of hydrogen-bond donors (Lipinski definition) is 1. The molecule has 1 aromatic carbocycles. The molecular weight excluding hydrogens is 237 g/mol. The van der Waals surface area contributed by atoms with Crippen LogP contribution in [0, 0.1) is 5.82 Å². The maximum Gasteiger partial charge on any atom is 0.309 e. The van der Waals surface area contributed by atoms with Gasteiger partial charge in [-0.05, 0) is 30.7 Å². The minimum absolute atomic E-state index is 0.0581. The Labute approximate surface area is 104 Å². The number of nitrogens with two attached hydrogens (primary N) is 1. The summed E-state index contributed by atoms with van der Waals surface area (Å²) in [6, 6.07) is 3.65. The Kier molecular flexibility index (Phi) is 5.05. The molecule has 0 saturated carbocycles. The highest BCUT2D eigenvalue weighted by molar-refractivity contribution is 5.96. The van der Waals surface area contributed by atoms with Crippen molar-refractivity contribution in [3.8, 4) is 0 Å². The average molecular weight is 251 g/mol. The second kappa shape index (κ2) is 6.54. The molecule has 0 fully saturated rings. The van der Waals surface area contributed by atoms with E-state index in [0.717, 1.165) is 6.07 Å². The van der Waals surface area contributed by atoms with E-state index in [1.807, 2.05) is 0 Å². The van der Waals surface area contributed by atoms with E-state index in [1.54, 1.807) is 6.92 Å². The van der Waals surface area contributed by atoms with E-state index in [0.29, 0.717) is 12.2 Å². The number of hydrogen-bond acceptors (Lipinski definition) is 3.